The van der Waals surface area contributed by atoms with E-state index in [4.69, 9.17) is 9.84 Å². The van der Waals surface area contributed by atoms with Gasteiger partial charge in [0.05, 0.1) is 0 Å². The largest absolute Gasteiger partial charge is 0.477 e. The lowest BCUT2D eigenvalue weighted by Gasteiger charge is -2.06. The number of carboxylic acid groups (broad SMARTS) is 1. The van der Waals surface area contributed by atoms with Crippen molar-refractivity contribution in [3.05, 3.63) is 47.7 Å². The molecule has 0 bridgehead atoms. The summed E-state index contributed by atoms with van der Waals surface area (Å²) in [5.41, 5.74) is 0.628. The summed E-state index contributed by atoms with van der Waals surface area (Å²) in [5, 5.41) is 10.8. The molecule has 0 saturated carbocycles. The first-order chi connectivity index (χ1) is 8.13. The molecule has 0 aromatic heterocycles. The molecule has 1 aromatic carbocycles. The summed E-state index contributed by atoms with van der Waals surface area (Å²) in [6.45, 7) is 1.62. The number of rotatable bonds is 4. The number of carboxylic acids is 1. The Labute approximate surface area is 98.7 Å². The van der Waals surface area contributed by atoms with Crippen molar-refractivity contribution in [2.24, 2.45) is 0 Å². The Kier molecular flexibility index (Phi) is 4.75. The Morgan fingerprint density at radius 1 is 1.35 bits per heavy atom. The maximum atomic E-state index is 11.3. The van der Waals surface area contributed by atoms with Gasteiger partial charge in [-0.3, -0.25) is 5.32 Å². The summed E-state index contributed by atoms with van der Waals surface area (Å²) >= 11 is 0. The minimum Gasteiger partial charge on any atom is -0.477 e. The van der Waals surface area contributed by atoms with Crippen LogP contribution in [0.1, 0.15) is 12.5 Å². The van der Waals surface area contributed by atoms with Gasteiger partial charge in [-0.1, -0.05) is 36.4 Å². The highest BCUT2D eigenvalue weighted by Crippen LogP contribution is 2.01. The molecular formula is C12H13NO4. The average Bonchev–Trinajstić information content (AvgIpc) is 2.34. The lowest BCUT2D eigenvalue weighted by molar-refractivity contribution is -0.133. The van der Waals surface area contributed by atoms with Crippen molar-refractivity contribution in [1.82, 2.24) is 5.32 Å². The quantitative estimate of drug-likeness (QED) is 0.781. The van der Waals surface area contributed by atoms with Crippen molar-refractivity contribution in [3.63, 3.8) is 0 Å². The molecule has 5 nitrogen and oxygen atoms in total. The summed E-state index contributed by atoms with van der Waals surface area (Å²) in [6.07, 6.45) is 0.496. The van der Waals surface area contributed by atoms with Crippen LogP contribution in [0.5, 0.6) is 0 Å². The van der Waals surface area contributed by atoms with Gasteiger partial charge in [0.2, 0.25) is 0 Å². The Morgan fingerprint density at radius 2 is 2.00 bits per heavy atom. The van der Waals surface area contributed by atoms with E-state index in [1.165, 1.54) is 13.0 Å². The second kappa shape index (κ2) is 6.32. The molecule has 1 amide bonds. The van der Waals surface area contributed by atoms with Gasteiger partial charge >= 0.3 is 12.1 Å². The van der Waals surface area contributed by atoms with E-state index in [2.05, 4.69) is 5.32 Å². The van der Waals surface area contributed by atoms with Gasteiger partial charge in [-0.2, -0.15) is 0 Å². The molecule has 17 heavy (non-hydrogen) atoms. The molecule has 0 saturated heterocycles. The number of allylic oxidation sites excluding steroid dienone is 1. The van der Waals surface area contributed by atoms with E-state index in [1.807, 2.05) is 18.2 Å². The first-order valence-electron chi connectivity index (χ1n) is 5.00. The van der Waals surface area contributed by atoms with Gasteiger partial charge in [0.25, 0.3) is 0 Å². The molecule has 1 rings (SSSR count). The summed E-state index contributed by atoms with van der Waals surface area (Å²) in [7, 11) is 0. The van der Waals surface area contributed by atoms with Crippen molar-refractivity contribution in [2.75, 3.05) is 0 Å². The Bertz CT molecular complexity index is 425. The Morgan fingerprint density at radius 3 is 2.53 bits per heavy atom. The molecule has 0 aliphatic heterocycles. The van der Waals surface area contributed by atoms with Crippen LogP contribution in [-0.2, 0) is 16.1 Å². The van der Waals surface area contributed by atoms with Crippen LogP contribution in [0.2, 0.25) is 0 Å². The number of carbonyl (C=O) groups excluding carboxylic acids is 1. The Hall–Kier alpha value is -2.30. The van der Waals surface area contributed by atoms with E-state index >= 15 is 0 Å². The fourth-order valence-corrected chi connectivity index (χ4v) is 1.12. The number of nitrogens with one attached hydrogen (secondary N) is 1. The molecule has 0 aliphatic carbocycles. The van der Waals surface area contributed by atoms with E-state index in [1.54, 1.807) is 12.1 Å². The van der Waals surface area contributed by atoms with Gasteiger partial charge in [0.1, 0.15) is 12.3 Å². The predicted octanol–water partition coefficient (Wildman–Crippen LogP) is 1.90. The van der Waals surface area contributed by atoms with E-state index in [9.17, 15) is 9.59 Å². The maximum absolute atomic E-state index is 11.3. The number of hydrogen-bond acceptors (Lipinski definition) is 3. The molecule has 0 aliphatic rings. The van der Waals surface area contributed by atoms with Gasteiger partial charge in [0, 0.05) is 0 Å². The summed E-state index contributed by atoms with van der Waals surface area (Å²) < 4.78 is 4.86. The molecule has 1 aromatic rings. The number of carbonyl (C=O) groups is 2. The number of ether oxygens (including phenoxy) is 1. The monoisotopic (exact) mass is 235 g/mol. The second-order valence-corrected chi connectivity index (χ2v) is 3.19. The molecule has 90 valence electrons. The molecule has 0 atom stereocenters. The van der Waals surface area contributed by atoms with Crippen molar-refractivity contribution in [3.8, 4) is 0 Å². The molecule has 0 fully saturated rings. The number of benzene rings is 1. The van der Waals surface area contributed by atoms with Gasteiger partial charge < -0.3 is 9.84 Å². The van der Waals surface area contributed by atoms with Crippen molar-refractivity contribution < 1.29 is 19.4 Å². The van der Waals surface area contributed by atoms with Crippen LogP contribution >= 0.6 is 0 Å². The first-order valence-corrected chi connectivity index (χ1v) is 5.00. The highest BCUT2D eigenvalue weighted by atomic mass is 16.5. The SMILES string of the molecule is C/C=C(\NC(=O)OCc1ccccc1)C(=O)O. The fourth-order valence-electron chi connectivity index (χ4n) is 1.12. The zero-order chi connectivity index (χ0) is 12.7. The summed E-state index contributed by atoms with van der Waals surface area (Å²) in [6, 6.07) is 9.12. The third-order valence-corrected chi connectivity index (χ3v) is 1.97. The number of amides is 1. The van der Waals surface area contributed by atoms with Gasteiger partial charge in [-0.05, 0) is 12.5 Å². The van der Waals surface area contributed by atoms with Gasteiger partial charge in [0.15, 0.2) is 0 Å². The van der Waals surface area contributed by atoms with E-state index in [0.717, 1.165) is 5.56 Å². The minimum atomic E-state index is -1.20. The summed E-state index contributed by atoms with van der Waals surface area (Å²) in [5.74, 6) is -1.20. The molecule has 2 N–H and O–H groups in total. The number of aliphatic carboxylic acids is 1. The standard InChI is InChI=1S/C12H13NO4/c1-2-10(11(14)15)13-12(16)17-8-9-6-4-3-5-7-9/h2-7H,8H2,1H3,(H,13,16)(H,14,15)/b10-2-. The second-order valence-electron chi connectivity index (χ2n) is 3.19. The topological polar surface area (TPSA) is 75.6 Å². The van der Waals surface area contributed by atoms with Crippen molar-refractivity contribution in [2.45, 2.75) is 13.5 Å². The summed E-state index contributed by atoms with van der Waals surface area (Å²) in [4.78, 5) is 21.9. The lowest BCUT2D eigenvalue weighted by atomic mass is 10.2. The van der Waals surface area contributed by atoms with Crippen molar-refractivity contribution >= 4 is 12.1 Å². The molecule has 5 heteroatoms. The molecule has 0 radical (unpaired) electrons. The van der Waals surface area contributed by atoms with Gasteiger partial charge in [-0.15, -0.1) is 0 Å². The van der Waals surface area contributed by atoms with Crippen LogP contribution in [0.15, 0.2) is 42.1 Å². The van der Waals surface area contributed by atoms with Crippen LogP contribution in [-0.4, -0.2) is 17.2 Å². The van der Waals surface area contributed by atoms with Crippen LogP contribution < -0.4 is 5.32 Å². The fraction of sp³-hybridized carbons (Fsp3) is 0.167. The normalized spacial score (nSPS) is 10.8. The van der Waals surface area contributed by atoms with Crippen LogP contribution in [0.4, 0.5) is 4.79 Å². The highest BCUT2D eigenvalue weighted by Gasteiger charge is 2.10. The Balaban J connectivity index is 2.43. The maximum Gasteiger partial charge on any atom is 0.412 e. The minimum absolute atomic E-state index is 0.100. The number of hydrogen-bond donors (Lipinski definition) is 2. The third-order valence-electron chi connectivity index (χ3n) is 1.97. The zero-order valence-corrected chi connectivity index (χ0v) is 9.34. The first kappa shape index (κ1) is 12.8. The van der Waals surface area contributed by atoms with E-state index in [-0.39, 0.29) is 12.3 Å². The molecule has 0 spiro atoms. The number of alkyl carbamates (subject to hydrolysis) is 1. The third kappa shape index (κ3) is 4.38. The van der Waals surface area contributed by atoms with E-state index < -0.39 is 12.1 Å². The lowest BCUT2D eigenvalue weighted by Crippen LogP contribution is -2.27. The predicted molar refractivity (Wildman–Crippen MR) is 61.2 cm³/mol. The smallest absolute Gasteiger partial charge is 0.412 e. The van der Waals surface area contributed by atoms with E-state index in [0.29, 0.717) is 0 Å². The highest BCUT2D eigenvalue weighted by molar-refractivity contribution is 5.90. The zero-order valence-electron chi connectivity index (χ0n) is 9.34. The van der Waals surface area contributed by atoms with Crippen LogP contribution in [0, 0.1) is 0 Å². The molecule has 0 heterocycles. The average molecular weight is 235 g/mol. The van der Waals surface area contributed by atoms with Crippen LogP contribution in [0.3, 0.4) is 0 Å². The molecular weight excluding hydrogens is 222 g/mol. The van der Waals surface area contributed by atoms with Crippen LogP contribution in [0.25, 0.3) is 0 Å². The molecule has 0 unspecified atom stereocenters. The van der Waals surface area contributed by atoms with Crippen molar-refractivity contribution in [1.29, 1.82) is 0 Å². The van der Waals surface area contributed by atoms with Gasteiger partial charge in [-0.25, -0.2) is 9.59 Å².